The molecule has 3 heteroatoms. The van der Waals surface area contributed by atoms with E-state index >= 15 is 0 Å². The Hall–Kier alpha value is -0.120. The van der Waals surface area contributed by atoms with Gasteiger partial charge in [-0.05, 0) is 32.6 Å². The molecule has 0 aliphatic heterocycles. The van der Waals surface area contributed by atoms with Crippen LogP contribution in [0.5, 0.6) is 0 Å². The Kier molecular flexibility index (Phi) is 31.4. The topological polar surface area (TPSA) is 41.5 Å². The molecule has 0 fully saturated rings. The summed E-state index contributed by atoms with van der Waals surface area (Å²) in [6.45, 7) is 25.1. The zero-order valence-electron chi connectivity index (χ0n) is 17.5. The zero-order chi connectivity index (χ0) is 18.6. The number of aliphatic hydroxyl groups excluding tert-OH is 1. The van der Waals surface area contributed by atoms with Crippen molar-refractivity contribution in [2.75, 3.05) is 19.8 Å². The largest absolute Gasteiger partial charge is 0.396 e. The number of hydrogen-bond donors (Lipinski definition) is 2. The third kappa shape index (κ3) is 36.8. The summed E-state index contributed by atoms with van der Waals surface area (Å²) < 4.78 is 5.83. The van der Waals surface area contributed by atoms with Crippen LogP contribution in [0.15, 0.2) is 0 Å². The van der Waals surface area contributed by atoms with Crippen LogP contribution in [-0.2, 0) is 4.74 Å². The number of aliphatic hydroxyl groups is 1. The van der Waals surface area contributed by atoms with Gasteiger partial charge < -0.3 is 15.2 Å². The molecule has 0 amide bonds. The maximum Gasteiger partial charge on any atom is 0.0750 e. The fourth-order valence-electron chi connectivity index (χ4n) is 1.07. The highest BCUT2D eigenvalue weighted by atomic mass is 16.5. The molecule has 0 rings (SSSR count). The highest BCUT2D eigenvalue weighted by Crippen LogP contribution is 2.10. The fourth-order valence-corrected chi connectivity index (χ4v) is 1.07. The molecule has 2 N–H and O–H groups in total. The molecule has 3 nitrogen and oxygen atoms in total. The van der Waals surface area contributed by atoms with E-state index in [0.29, 0.717) is 12.6 Å². The molecule has 0 radical (unpaired) electrons. The second-order valence-electron chi connectivity index (χ2n) is 6.05. The first-order valence-electron chi connectivity index (χ1n) is 9.23. The Bertz CT molecular complexity index is 167. The molecule has 0 aliphatic carbocycles. The van der Waals surface area contributed by atoms with Gasteiger partial charge in [0.25, 0.3) is 0 Å². The lowest BCUT2D eigenvalue weighted by Gasteiger charge is -2.27. The zero-order valence-corrected chi connectivity index (χ0v) is 17.5. The number of nitrogens with one attached hydrogen (secondary N) is 1. The standard InChI is InChI=1S/C12H27NO.C3H8O.2C2H6/c1-10(2)7-8-14-12(5,6)9-13-11(3)4;1-2-3-4;2*1-2/h10-11,13H,7-9H2,1-6H3;4H,2-3H2,1H3;2*1-2H3. The minimum absolute atomic E-state index is 0.0425. The molecule has 22 heavy (non-hydrogen) atoms. The van der Waals surface area contributed by atoms with Crippen LogP contribution in [0.25, 0.3) is 0 Å². The smallest absolute Gasteiger partial charge is 0.0750 e. The third-order valence-corrected chi connectivity index (χ3v) is 2.35. The summed E-state index contributed by atoms with van der Waals surface area (Å²) in [7, 11) is 0. The van der Waals surface area contributed by atoms with Gasteiger partial charge in [0.1, 0.15) is 0 Å². The minimum atomic E-state index is -0.0425. The van der Waals surface area contributed by atoms with E-state index in [1.165, 1.54) is 0 Å². The van der Waals surface area contributed by atoms with Crippen LogP contribution < -0.4 is 5.32 Å². The summed E-state index contributed by atoms with van der Waals surface area (Å²) in [5, 5.41) is 11.3. The van der Waals surface area contributed by atoms with Crippen LogP contribution in [-0.4, -0.2) is 36.5 Å². The lowest BCUT2D eigenvalue weighted by molar-refractivity contribution is -0.0218. The van der Waals surface area contributed by atoms with E-state index in [0.717, 1.165) is 31.9 Å². The van der Waals surface area contributed by atoms with E-state index in [9.17, 15) is 0 Å². The molecule has 0 heterocycles. The summed E-state index contributed by atoms with van der Waals surface area (Å²) in [6.07, 6.45) is 2.02. The Balaban J connectivity index is -0.000000170. The molecule has 0 atom stereocenters. The van der Waals surface area contributed by atoms with Gasteiger partial charge in [-0.2, -0.15) is 0 Å². The van der Waals surface area contributed by atoms with Gasteiger partial charge in [0.2, 0.25) is 0 Å². The number of ether oxygens (including phenoxy) is 1. The van der Waals surface area contributed by atoms with Gasteiger partial charge in [0.05, 0.1) is 5.60 Å². The van der Waals surface area contributed by atoms with Crippen molar-refractivity contribution in [1.29, 1.82) is 0 Å². The molecule has 0 aliphatic rings. The molecule has 0 aromatic rings. The first-order valence-corrected chi connectivity index (χ1v) is 9.23. The van der Waals surface area contributed by atoms with Gasteiger partial charge in [0, 0.05) is 25.8 Å². The second-order valence-corrected chi connectivity index (χ2v) is 6.05. The molecule has 0 saturated carbocycles. The summed E-state index contributed by atoms with van der Waals surface area (Å²) in [5.74, 6) is 0.726. The highest BCUT2D eigenvalue weighted by molar-refractivity contribution is 4.73. The summed E-state index contributed by atoms with van der Waals surface area (Å²) in [4.78, 5) is 0. The van der Waals surface area contributed by atoms with Crippen LogP contribution in [0.2, 0.25) is 0 Å². The van der Waals surface area contributed by atoms with Crippen LogP contribution in [0, 0.1) is 5.92 Å². The molecule has 140 valence electrons. The van der Waals surface area contributed by atoms with Crippen LogP contribution in [0.1, 0.15) is 89.0 Å². The molecule has 0 bridgehead atoms. The first-order chi connectivity index (χ1) is 10.2. The molecule has 0 spiro atoms. The van der Waals surface area contributed by atoms with Gasteiger partial charge in [0.15, 0.2) is 0 Å². The van der Waals surface area contributed by atoms with Gasteiger partial charge in [-0.3, -0.25) is 0 Å². The van der Waals surface area contributed by atoms with E-state index in [-0.39, 0.29) is 5.60 Å². The van der Waals surface area contributed by atoms with Crippen molar-refractivity contribution in [2.24, 2.45) is 5.92 Å². The van der Waals surface area contributed by atoms with E-state index in [4.69, 9.17) is 9.84 Å². The molecule has 0 aromatic carbocycles. The van der Waals surface area contributed by atoms with Gasteiger partial charge >= 0.3 is 0 Å². The van der Waals surface area contributed by atoms with Gasteiger partial charge in [-0.25, -0.2) is 0 Å². The van der Waals surface area contributed by atoms with E-state index < -0.39 is 0 Å². The third-order valence-electron chi connectivity index (χ3n) is 2.35. The predicted molar refractivity (Wildman–Crippen MR) is 103 cm³/mol. The van der Waals surface area contributed by atoms with Crippen molar-refractivity contribution in [3.05, 3.63) is 0 Å². The van der Waals surface area contributed by atoms with E-state index in [1.54, 1.807) is 0 Å². The summed E-state index contributed by atoms with van der Waals surface area (Å²) in [6, 6.07) is 0.531. The van der Waals surface area contributed by atoms with Crippen LogP contribution >= 0.6 is 0 Å². The highest BCUT2D eigenvalue weighted by Gasteiger charge is 2.18. The Morgan fingerprint density at radius 1 is 1.00 bits per heavy atom. The first kappa shape index (κ1) is 29.8. The van der Waals surface area contributed by atoms with Crippen molar-refractivity contribution in [1.82, 2.24) is 5.32 Å². The normalized spacial score (nSPS) is 10.1. The average molecular weight is 322 g/mol. The summed E-state index contributed by atoms with van der Waals surface area (Å²) in [5.41, 5.74) is -0.0425. The Morgan fingerprint density at radius 3 is 1.68 bits per heavy atom. The quantitative estimate of drug-likeness (QED) is 0.640. The summed E-state index contributed by atoms with van der Waals surface area (Å²) >= 11 is 0. The molecular formula is C19H47NO2. The number of hydrogen-bond acceptors (Lipinski definition) is 3. The Labute approximate surface area is 142 Å². The van der Waals surface area contributed by atoms with Crippen LogP contribution in [0.3, 0.4) is 0 Å². The average Bonchev–Trinajstić information content (AvgIpc) is 2.49. The maximum atomic E-state index is 7.88. The molecule has 0 unspecified atom stereocenters. The van der Waals surface area contributed by atoms with Crippen molar-refractivity contribution in [3.8, 4) is 0 Å². The SMILES string of the molecule is CC.CC.CC(C)CCOC(C)(C)CNC(C)C.CCCO. The van der Waals surface area contributed by atoms with Crippen molar-refractivity contribution in [2.45, 2.75) is 101 Å². The minimum Gasteiger partial charge on any atom is -0.396 e. The second kappa shape index (κ2) is 23.2. The fraction of sp³-hybridized carbons (Fsp3) is 1.00. The van der Waals surface area contributed by atoms with Crippen LogP contribution in [0.4, 0.5) is 0 Å². The maximum absolute atomic E-state index is 7.88. The Morgan fingerprint density at radius 2 is 1.41 bits per heavy atom. The van der Waals surface area contributed by atoms with Crippen molar-refractivity contribution >= 4 is 0 Å². The monoisotopic (exact) mass is 321 g/mol. The van der Waals surface area contributed by atoms with Crippen molar-refractivity contribution in [3.63, 3.8) is 0 Å². The van der Waals surface area contributed by atoms with Gasteiger partial charge in [-0.15, -0.1) is 0 Å². The molecular weight excluding hydrogens is 274 g/mol. The molecule has 0 aromatic heterocycles. The lowest BCUT2D eigenvalue weighted by Crippen LogP contribution is -2.40. The number of rotatable bonds is 8. The van der Waals surface area contributed by atoms with E-state index in [1.807, 2.05) is 34.6 Å². The molecule has 0 saturated heterocycles. The predicted octanol–water partition coefficient (Wildman–Crippen LogP) is 5.27. The van der Waals surface area contributed by atoms with Gasteiger partial charge in [-0.1, -0.05) is 62.3 Å². The lowest BCUT2D eigenvalue weighted by atomic mass is 10.1. The van der Waals surface area contributed by atoms with E-state index in [2.05, 4.69) is 46.9 Å². The van der Waals surface area contributed by atoms with Crippen molar-refractivity contribution < 1.29 is 9.84 Å².